The molecule has 1 amide bonds. The lowest BCUT2D eigenvalue weighted by molar-refractivity contribution is -0.173. The summed E-state index contributed by atoms with van der Waals surface area (Å²) >= 11 is 0. The first-order valence-corrected chi connectivity index (χ1v) is 6.48. The first-order chi connectivity index (χ1) is 8.80. The summed E-state index contributed by atoms with van der Waals surface area (Å²) in [4.78, 5) is 11.7. The second-order valence-electron chi connectivity index (χ2n) is 4.37. The topological polar surface area (TPSA) is 50.4 Å². The highest BCUT2D eigenvalue weighted by Gasteiger charge is 2.27. The minimum Gasteiger partial charge on any atom is -0.371 e. The molecular formula is C12H23F3N2O2. The van der Waals surface area contributed by atoms with Crippen LogP contribution in [-0.2, 0) is 9.53 Å². The van der Waals surface area contributed by atoms with Gasteiger partial charge in [-0.15, -0.1) is 0 Å². The highest BCUT2D eigenvalue weighted by molar-refractivity contribution is 5.81. The van der Waals surface area contributed by atoms with Crippen LogP contribution in [0.5, 0.6) is 0 Å². The van der Waals surface area contributed by atoms with Gasteiger partial charge >= 0.3 is 6.18 Å². The first-order valence-electron chi connectivity index (χ1n) is 6.48. The Balaban J connectivity index is 3.73. The Bertz CT molecular complexity index is 256. The lowest BCUT2D eigenvalue weighted by Crippen LogP contribution is -2.46. The molecule has 0 spiro atoms. The number of carbonyl (C=O) groups is 1. The number of nitrogens with one attached hydrogen (secondary N) is 2. The Kier molecular flexibility index (Phi) is 8.75. The van der Waals surface area contributed by atoms with Gasteiger partial charge in [0.2, 0.25) is 5.91 Å². The summed E-state index contributed by atoms with van der Waals surface area (Å²) in [7, 11) is 0. The molecular weight excluding hydrogens is 261 g/mol. The first kappa shape index (κ1) is 18.2. The Labute approximate surface area is 112 Å². The number of amides is 1. The maximum Gasteiger partial charge on any atom is 0.411 e. The zero-order chi connectivity index (χ0) is 14.9. The largest absolute Gasteiger partial charge is 0.411 e. The molecule has 0 fully saturated rings. The van der Waals surface area contributed by atoms with E-state index < -0.39 is 18.8 Å². The third-order valence-electron chi connectivity index (χ3n) is 2.69. The van der Waals surface area contributed by atoms with Crippen LogP contribution in [0.15, 0.2) is 0 Å². The molecule has 0 aromatic carbocycles. The van der Waals surface area contributed by atoms with Crippen molar-refractivity contribution >= 4 is 5.91 Å². The molecule has 0 aliphatic carbocycles. The van der Waals surface area contributed by atoms with Crippen molar-refractivity contribution in [3.63, 3.8) is 0 Å². The predicted octanol–water partition coefficient (Wildman–Crippen LogP) is 1.85. The standard InChI is InChI=1S/C12H23F3N2O2/c1-4-10(5-2)17-11(18)9(3)16-6-7-19-8-12(13,14)15/h9-10,16H,4-8H2,1-3H3,(H,17,18). The summed E-state index contributed by atoms with van der Waals surface area (Å²) in [5, 5.41) is 5.68. The summed E-state index contributed by atoms with van der Waals surface area (Å²) in [6.07, 6.45) is -2.61. The van der Waals surface area contributed by atoms with Crippen LogP contribution in [0.25, 0.3) is 0 Å². The Morgan fingerprint density at radius 3 is 2.32 bits per heavy atom. The minimum atomic E-state index is -4.31. The molecule has 0 bridgehead atoms. The molecule has 114 valence electrons. The fraction of sp³-hybridized carbons (Fsp3) is 0.917. The predicted molar refractivity (Wildman–Crippen MR) is 66.9 cm³/mol. The van der Waals surface area contributed by atoms with E-state index in [9.17, 15) is 18.0 Å². The van der Waals surface area contributed by atoms with E-state index >= 15 is 0 Å². The van der Waals surface area contributed by atoms with Crippen molar-refractivity contribution in [2.24, 2.45) is 0 Å². The maximum atomic E-state index is 11.8. The maximum absolute atomic E-state index is 11.8. The van der Waals surface area contributed by atoms with Crippen molar-refractivity contribution in [2.75, 3.05) is 19.8 Å². The van der Waals surface area contributed by atoms with Gasteiger partial charge in [0.15, 0.2) is 0 Å². The fourth-order valence-electron chi connectivity index (χ4n) is 1.45. The molecule has 2 N–H and O–H groups in total. The molecule has 0 rings (SSSR count). The molecule has 0 aliphatic heterocycles. The smallest absolute Gasteiger partial charge is 0.371 e. The van der Waals surface area contributed by atoms with Crippen LogP contribution in [-0.4, -0.2) is 43.9 Å². The number of hydrogen-bond acceptors (Lipinski definition) is 3. The van der Waals surface area contributed by atoms with Crippen LogP contribution in [0.1, 0.15) is 33.6 Å². The molecule has 0 aromatic rings. The van der Waals surface area contributed by atoms with Crippen LogP contribution in [0.3, 0.4) is 0 Å². The van der Waals surface area contributed by atoms with Gasteiger partial charge in [-0.25, -0.2) is 0 Å². The average molecular weight is 284 g/mol. The molecule has 0 radical (unpaired) electrons. The summed E-state index contributed by atoms with van der Waals surface area (Å²) in [6.45, 7) is 4.50. The van der Waals surface area contributed by atoms with Crippen molar-refractivity contribution in [3.8, 4) is 0 Å². The summed E-state index contributed by atoms with van der Waals surface area (Å²) in [6, 6.07) is -0.312. The van der Waals surface area contributed by atoms with E-state index in [0.717, 1.165) is 12.8 Å². The quantitative estimate of drug-likeness (QED) is 0.635. The van der Waals surface area contributed by atoms with Crippen LogP contribution in [0.2, 0.25) is 0 Å². The molecule has 0 saturated heterocycles. The normalized spacial score (nSPS) is 13.6. The number of rotatable bonds is 9. The Hall–Kier alpha value is -0.820. The second kappa shape index (κ2) is 9.14. The van der Waals surface area contributed by atoms with E-state index in [-0.39, 0.29) is 25.1 Å². The van der Waals surface area contributed by atoms with Crippen molar-refractivity contribution in [2.45, 2.75) is 51.9 Å². The van der Waals surface area contributed by atoms with Gasteiger partial charge in [0, 0.05) is 12.6 Å². The van der Waals surface area contributed by atoms with E-state index in [1.807, 2.05) is 13.8 Å². The summed E-state index contributed by atoms with van der Waals surface area (Å²) in [5.41, 5.74) is 0. The molecule has 7 heteroatoms. The molecule has 1 unspecified atom stereocenters. The third-order valence-corrected chi connectivity index (χ3v) is 2.69. The number of alkyl halides is 3. The summed E-state index contributed by atoms with van der Waals surface area (Å²) in [5.74, 6) is -0.149. The van der Waals surface area contributed by atoms with Crippen LogP contribution >= 0.6 is 0 Å². The van der Waals surface area contributed by atoms with Crippen molar-refractivity contribution < 1.29 is 22.7 Å². The van der Waals surface area contributed by atoms with Crippen LogP contribution in [0.4, 0.5) is 13.2 Å². The van der Waals surface area contributed by atoms with Gasteiger partial charge in [-0.05, 0) is 19.8 Å². The Morgan fingerprint density at radius 2 is 1.84 bits per heavy atom. The van der Waals surface area contributed by atoms with Crippen molar-refractivity contribution in [1.29, 1.82) is 0 Å². The fourth-order valence-corrected chi connectivity index (χ4v) is 1.45. The van der Waals surface area contributed by atoms with Gasteiger partial charge in [-0.3, -0.25) is 4.79 Å². The van der Waals surface area contributed by atoms with Gasteiger partial charge in [0.05, 0.1) is 12.6 Å². The van der Waals surface area contributed by atoms with E-state index in [0.29, 0.717) is 0 Å². The number of hydrogen-bond donors (Lipinski definition) is 2. The zero-order valence-electron chi connectivity index (χ0n) is 11.6. The number of ether oxygens (including phenoxy) is 1. The Morgan fingerprint density at radius 1 is 1.26 bits per heavy atom. The molecule has 0 heterocycles. The van der Waals surface area contributed by atoms with Crippen molar-refractivity contribution in [3.05, 3.63) is 0 Å². The molecule has 4 nitrogen and oxygen atoms in total. The molecule has 1 atom stereocenters. The summed E-state index contributed by atoms with van der Waals surface area (Å²) < 4.78 is 39.8. The van der Waals surface area contributed by atoms with Gasteiger partial charge in [-0.1, -0.05) is 13.8 Å². The highest BCUT2D eigenvalue weighted by atomic mass is 19.4. The lowest BCUT2D eigenvalue weighted by atomic mass is 10.1. The number of carbonyl (C=O) groups excluding carboxylic acids is 1. The van der Waals surface area contributed by atoms with Crippen molar-refractivity contribution in [1.82, 2.24) is 10.6 Å². The molecule has 0 aromatic heterocycles. The average Bonchev–Trinajstić information content (AvgIpc) is 2.33. The minimum absolute atomic E-state index is 0.0812. The van der Waals surface area contributed by atoms with E-state index in [1.54, 1.807) is 6.92 Å². The highest BCUT2D eigenvalue weighted by Crippen LogP contribution is 2.13. The van der Waals surface area contributed by atoms with Gasteiger partial charge in [0.1, 0.15) is 6.61 Å². The van der Waals surface area contributed by atoms with E-state index in [1.165, 1.54) is 0 Å². The van der Waals surface area contributed by atoms with E-state index in [4.69, 9.17) is 0 Å². The second-order valence-corrected chi connectivity index (χ2v) is 4.37. The van der Waals surface area contributed by atoms with Crippen LogP contribution < -0.4 is 10.6 Å². The van der Waals surface area contributed by atoms with E-state index in [2.05, 4.69) is 15.4 Å². The molecule has 0 aliphatic rings. The van der Waals surface area contributed by atoms with Crippen LogP contribution in [0, 0.1) is 0 Å². The lowest BCUT2D eigenvalue weighted by Gasteiger charge is -2.19. The SMILES string of the molecule is CCC(CC)NC(=O)C(C)NCCOCC(F)(F)F. The van der Waals surface area contributed by atoms with Gasteiger partial charge < -0.3 is 15.4 Å². The monoisotopic (exact) mass is 284 g/mol. The number of halogens is 3. The molecule has 19 heavy (non-hydrogen) atoms. The van der Waals surface area contributed by atoms with Gasteiger partial charge in [-0.2, -0.15) is 13.2 Å². The zero-order valence-corrected chi connectivity index (χ0v) is 11.6. The third kappa shape index (κ3) is 9.72. The van der Waals surface area contributed by atoms with Gasteiger partial charge in [0.25, 0.3) is 0 Å². The molecule has 0 saturated carbocycles.